The number of carbonyl (C=O) groups is 1. The van der Waals surface area contributed by atoms with Gasteiger partial charge in [0.05, 0.1) is 18.9 Å². The molecular weight excluding hydrogens is 176 g/mol. The lowest BCUT2D eigenvalue weighted by atomic mass is 10.0. The number of nitrogens with zero attached hydrogens (tertiary/aromatic N) is 1. The normalized spacial score (nSPS) is 13.3. The summed E-state index contributed by atoms with van der Waals surface area (Å²) in [5.74, 6) is 0.0183. The van der Waals surface area contributed by atoms with Crippen LogP contribution in [0.25, 0.3) is 0 Å². The van der Waals surface area contributed by atoms with Crippen LogP contribution < -0.4 is 5.32 Å². The van der Waals surface area contributed by atoms with E-state index in [9.17, 15) is 4.79 Å². The molecule has 0 saturated carbocycles. The number of carbonyl (C=O) groups excluding carboxylic acids is 1. The van der Waals surface area contributed by atoms with Gasteiger partial charge >= 0.3 is 0 Å². The van der Waals surface area contributed by atoms with E-state index < -0.39 is 0 Å². The molecule has 0 radical (unpaired) electrons. The molecule has 1 amide bonds. The van der Waals surface area contributed by atoms with Crippen LogP contribution in [0.15, 0.2) is 12.1 Å². The smallest absolute Gasteiger partial charge is 0.228 e. The van der Waals surface area contributed by atoms with Gasteiger partial charge in [-0.2, -0.15) is 5.26 Å². The summed E-state index contributed by atoms with van der Waals surface area (Å²) in [4.78, 5) is 11.2. The molecule has 70 valence electrons. The van der Waals surface area contributed by atoms with Crippen LogP contribution in [0.3, 0.4) is 0 Å². The first-order valence-corrected chi connectivity index (χ1v) is 4.50. The number of benzene rings is 1. The molecule has 1 aliphatic heterocycles. The maximum Gasteiger partial charge on any atom is 0.228 e. The van der Waals surface area contributed by atoms with E-state index in [0.717, 1.165) is 22.4 Å². The predicted molar refractivity (Wildman–Crippen MR) is 52.8 cm³/mol. The van der Waals surface area contributed by atoms with E-state index in [0.29, 0.717) is 12.8 Å². The molecule has 0 aliphatic carbocycles. The fourth-order valence-electron chi connectivity index (χ4n) is 1.82. The summed E-state index contributed by atoms with van der Waals surface area (Å²) in [6.07, 6.45) is 0.791. The number of amides is 1. The Balaban J connectivity index is 2.52. The molecule has 1 heterocycles. The molecule has 0 bridgehead atoms. The van der Waals surface area contributed by atoms with Crippen LogP contribution in [0, 0.1) is 18.3 Å². The Morgan fingerprint density at radius 3 is 3.07 bits per heavy atom. The molecule has 2 rings (SSSR count). The summed E-state index contributed by atoms with van der Waals surface area (Å²) in [6, 6.07) is 6.05. The number of anilines is 1. The maximum absolute atomic E-state index is 11.2. The predicted octanol–water partition coefficient (Wildman–Crippen LogP) is 1.56. The Morgan fingerprint density at radius 1 is 1.57 bits per heavy atom. The van der Waals surface area contributed by atoms with Gasteiger partial charge in [-0.15, -0.1) is 0 Å². The molecule has 0 aromatic heterocycles. The van der Waals surface area contributed by atoms with Gasteiger partial charge in [-0.1, -0.05) is 17.7 Å². The summed E-state index contributed by atoms with van der Waals surface area (Å²) < 4.78 is 0. The maximum atomic E-state index is 11.2. The quantitative estimate of drug-likeness (QED) is 0.723. The molecule has 0 unspecified atom stereocenters. The number of nitriles is 1. The van der Waals surface area contributed by atoms with Crippen LogP contribution in [0.2, 0.25) is 0 Å². The standard InChI is InChI=1S/C11H10N2O/c1-7-4-8(2-3-12)11-9(5-7)6-10(14)13-11/h4-5H,2,6H2,1H3,(H,13,14). The van der Waals surface area contributed by atoms with Crippen LogP contribution in [-0.2, 0) is 17.6 Å². The Hall–Kier alpha value is -1.82. The van der Waals surface area contributed by atoms with Gasteiger partial charge in [-0.25, -0.2) is 0 Å². The van der Waals surface area contributed by atoms with E-state index in [4.69, 9.17) is 5.26 Å². The molecule has 0 spiro atoms. The zero-order valence-corrected chi connectivity index (χ0v) is 7.92. The van der Waals surface area contributed by atoms with E-state index in [-0.39, 0.29) is 5.91 Å². The number of fused-ring (bicyclic) bond motifs is 1. The third kappa shape index (κ3) is 1.35. The van der Waals surface area contributed by atoms with Crippen molar-refractivity contribution in [1.29, 1.82) is 5.26 Å². The first-order chi connectivity index (χ1) is 6.70. The van der Waals surface area contributed by atoms with Crippen molar-refractivity contribution < 1.29 is 4.79 Å². The van der Waals surface area contributed by atoms with Crippen molar-refractivity contribution in [3.05, 3.63) is 28.8 Å². The molecule has 0 saturated heterocycles. The van der Waals surface area contributed by atoms with E-state index in [1.54, 1.807) is 0 Å². The minimum Gasteiger partial charge on any atom is -0.325 e. The summed E-state index contributed by atoms with van der Waals surface area (Å²) in [6.45, 7) is 1.98. The molecule has 3 heteroatoms. The van der Waals surface area contributed by atoms with E-state index in [1.165, 1.54) is 0 Å². The Labute approximate surface area is 82.4 Å². The van der Waals surface area contributed by atoms with Gasteiger partial charge in [-0.3, -0.25) is 4.79 Å². The SMILES string of the molecule is Cc1cc(CC#N)c2c(c1)CC(=O)N2. The van der Waals surface area contributed by atoms with Crippen molar-refractivity contribution in [3.63, 3.8) is 0 Å². The van der Waals surface area contributed by atoms with Gasteiger partial charge in [0.15, 0.2) is 0 Å². The van der Waals surface area contributed by atoms with Crippen LogP contribution in [0.5, 0.6) is 0 Å². The lowest BCUT2D eigenvalue weighted by Crippen LogP contribution is -2.04. The largest absolute Gasteiger partial charge is 0.325 e. The lowest BCUT2D eigenvalue weighted by Gasteiger charge is -2.06. The van der Waals surface area contributed by atoms with E-state index >= 15 is 0 Å². The highest BCUT2D eigenvalue weighted by molar-refractivity contribution is 6.00. The zero-order chi connectivity index (χ0) is 10.1. The van der Waals surface area contributed by atoms with Gasteiger partial charge in [-0.05, 0) is 18.1 Å². The molecule has 1 N–H and O–H groups in total. The van der Waals surface area contributed by atoms with Gasteiger partial charge in [0.1, 0.15) is 0 Å². The van der Waals surface area contributed by atoms with Crippen molar-refractivity contribution in [3.8, 4) is 6.07 Å². The average Bonchev–Trinajstić information content (AvgIpc) is 2.45. The molecule has 0 atom stereocenters. The third-order valence-corrected chi connectivity index (χ3v) is 2.33. The van der Waals surface area contributed by atoms with Gasteiger partial charge in [0, 0.05) is 5.69 Å². The molecule has 1 aromatic carbocycles. The Morgan fingerprint density at radius 2 is 2.36 bits per heavy atom. The molecule has 0 fully saturated rings. The number of hydrogen-bond acceptors (Lipinski definition) is 2. The summed E-state index contributed by atoms with van der Waals surface area (Å²) in [5.41, 5.74) is 3.89. The number of rotatable bonds is 1. The van der Waals surface area contributed by atoms with Crippen LogP contribution in [-0.4, -0.2) is 5.91 Å². The summed E-state index contributed by atoms with van der Waals surface area (Å²) in [7, 11) is 0. The first-order valence-electron chi connectivity index (χ1n) is 4.50. The summed E-state index contributed by atoms with van der Waals surface area (Å²) in [5, 5.41) is 11.4. The van der Waals surface area contributed by atoms with Gasteiger partial charge in [0.25, 0.3) is 0 Å². The molecule has 3 nitrogen and oxygen atoms in total. The van der Waals surface area contributed by atoms with Gasteiger partial charge in [0.2, 0.25) is 5.91 Å². The second-order valence-electron chi connectivity index (χ2n) is 3.52. The van der Waals surface area contributed by atoms with Gasteiger partial charge < -0.3 is 5.32 Å². The monoisotopic (exact) mass is 186 g/mol. The number of aryl methyl sites for hydroxylation is 1. The molecule has 1 aromatic rings. The van der Waals surface area contributed by atoms with Crippen molar-refractivity contribution in [2.75, 3.05) is 5.32 Å². The van der Waals surface area contributed by atoms with Crippen molar-refractivity contribution in [2.24, 2.45) is 0 Å². The Bertz CT molecular complexity index is 443. The van der Waals surface area contributed by atoms with Crippen molar-refractivity contribution in [2.45, 2.75) is 19.8 Å². The third-order valence-electron chi connectivity index (χ3n) is 2.33. The first kappa shape index (κ1) is 8.76. The highest BCUT2D eigenvalue weighted by atomic mass is 16.1. The minimum absolute atomic E-state index is 0.0183. The number of hydrogen-bond donors (Lipinski definition) is 1. The fourth-order valence-corrected chi connectivity index (χ4v) is 1.82. The highest BCUT2D eigenvalue weighted by Crippen LogP contribution is 2.28. The van der Waals surface area contributed by atoms with Crippen molar-refractivity contribution >= 4 is 11.6 Å². The fraction of sp³-hybridized carbons (Fsp3) is 0.273. The van der Waals surface area contributed by atoms with Crippen LogP contribution >= 0.6 is 0 Å². The summed E-state index contributed by atoms with van der Waals surface area (Å²) >= 11 is 0. The Kier molecular flexibility index (Phi) is 1.97. The van der Waals surface area contributed by atoms with Crippen LogP contribution in [0.1, 0.15) is 16.7 Å². The topological polar surface area (TPSA) is 52.9 Å². The van der Waals surface area contributed by atoms with E-state index in [2.05, 4.69) is 11.4 Å². The highest BCUT2D eigenvalue weighted by Gasteiger charge is 2.20. The second-order valence-corrected chi connectivity index (χ2v) is 3.52. The molecule has 1 aliphatic rings. The van der Waals surface area contributed by atoms with Crippen LogP contribution in [0.4, 0.5) is 5.69 Å². The lowest BCUT2D eigenvalue weighted by molar-refractivity contribution is -0.115. The van der Waals surface area contributed by atoms with E-state index in [1.807, 2.05) is 19.1 Å². The molecule has 14 heavy (non-hydrogen) atoms. The minimum atomic E-state index is 0.0183. The zero-order valence-electron chi connectivity index (χ0n) is 7.92. The van der Waals surface area contributed by atoms with Crippen molar-refractivity contribution in [1.82, 2.24) is 0 Å². The average molecular weight is 186 g/mol. The number of nitrogens with one attached hydrogen (secondary N) is 1. The molecular formula is C11H10N2O. The second kappa shape index (κ2) is 3.15.